The molecule has 0 aromatic carbocycles. The Balaban J connectivity index is 1.78. The molecule has 0 saturated carbocycles. The highest BCUT2D eigenvalue weighted by molar-refractivity contribution is 7.15. The minimum atomic E-state index is -0.234. The fraction of sp³-hybridized carbons (Fsp3) is 0.222. The second-order valence-electron chi connectivity index (χ2n) is 3.02. The lowest BCUT2D eigenvalue weighted by Crippen LogP contribution is -2.25. The van der Waals surface area contributed by atoms with Gasteiger partial charge in [0.25, 0.3) is 5.91 Å². The van der Waals surface area contributed by atoms with Crippen LogP contribution in [0.4, 0.5) is 5.13 Å². The Morgan fingerprint density at radius 3 is 3.06 bits per heavy atom. The van der Waals surface area contributed by atoms with E-state index in [1.165, 1.54) is 17.6 Å². The van der Waals surface area contributed by atoms with Gasteiger partial charge in [0.15, 0.2) is 5.76 Å². The third-order valence-electron chi connectivity index (χ3n) is 1.85. The first-order valence-electron chi connectivity index (χ1n) is 4.65. The molecule has 1 amide bonds. The van der Waals surface area contributed by atoms with E-state index in [0.29, 0.717) is 23.9 Å². The number of hydrogen-bond donors (Lipinski definition) is 2. The highest BCUT2D eigenvalue weighted by Gasteiger charge is 2.07. The first-order valence-corrected chi connectivity index (χ1v) is 5.47. The Hall–Kier alpha value is -1.89. The molecule has 2 heterocycles. The first-order chi connectivity index (χ1) is 7.75. The van der Waals surface area contributed by atoms with Crippen LogP contribution in [0, 0.1) is 0 Å². The predicted octanol–water partition coefficient (Wildman–Crippen LogP) is 0.686. The first kappa shape index (κ1) is 10.6. The minimum absolute atomic E-state index is 0.234. The van der Waals surface area contributed by atoms with Crippen molar-refractivity contribution in [1.29, 1.82) is 0 Å². The van der Waals surface area contributed by atoms with Crippen molar-refractivity contribution in [3.05, 3.63) is 29.2 Å². The molecule has 2 aromatic rings. The van der Waals surface area contributed by atoms with Crippen LogP contribution in [0.15, 0.2) is 22.8 Å². The van der Waals surface area contributed by atoms with Gasteiger partial charge in [0, 0.05) is 13.0 Å². The highest BCUT2D eigenvalue weighted by Crippen LogP contribution is 2.10. The van der Waals surface area contributed by atoms with Crippen LogP contribution in [0.3, 0.4) is 0 Å². The van der Waals surface area contributed by atoms with E-state index in [1.807, 2.05) is 0 Å². The number of carbonyl (C=O) groups excluding carboxylic acids is 1. The van der Waals surface area contributed by atoms with E-state index < -0.39 is 0 Å². The molecular formula is C9H10N4O2S. The number of furan rings is 1. The van der Waals surface area contributed by atoms with Crippen LogP contribution in [-0.2, 0) is 6.42 Å². The minimum Gasteiger partial charge on any atom is -0.459 e. The Kier molecular flexibility index (Phi) is 3.16. The molecule has 0 saturated heterocycles. The smallest absolute Gasteiger partial charge is 0.286 e. The molecular weight excluding hydrogens is 228 g/mol. The maximum atomic E-state index is 11.4. The summed E-state index contributed by atoms with van der Waals surface area (Å²) in [5.74, 6) is 0.0688. The zero-order valence-electron chi connectivity index (χ0n) is 8.34. The number of carbonyl (C=O) groups is 1. The Morgan fingerprint density at radius 2 is 2.44 bits per heavy atom. The number of nitrogens with zero attached hydrogens (tertiary/aromatic N) is 2. The number of amides is 1. The van der Waals surface area contributed by atoms with Gasteiger partial charge in [0.2, 0.25) is 5.13 Å². The number of nitrogens with two attached hydrogens (primary N) is 1. The van der Waals surface area contributed by atoms with E-state index in [-0.39, 0.29) is 5.91 Å². The SMILES string of the molecule is Nc1nnc(CCNC(=O)c2ccco2)s1. The third kappa shape index (κ3) is 2.57. The van der Waals surface area contributed by atoms with Crippen molar-refractivity contribution >= 4 is 22.4 Å². The molecule has 2 aromatic heterocycles. The molecule has 2 rings (SSSR count). The van der Waals surface area contributed by atoms with Gasteiger partial charge < -0.3 is 15.5 Å². The lowest BCUT2D eigenvalue weighted by Gasteiger charge is -1.99. The normalized spacial score (nSPS) is 10.2. The van der Waals surface area contributed by atoms with Crippen molar-refractivity contribution in [3.63, 3.8) is 0 Å². The monoisotopic (exact) mass is 238 g/mol. The molecule has 0 fully saturated rings. The van der Waals surface area contributed by atoms with Gasteiger partial charge in [0.1, 0.15) is 5.01 Å². The van der Waals surface area contributed by atoms with E-state index >= 15 is 0 Å². The number of nitrogen functional groups attached to an aromatic ring is 1. The van der Waals surface area contributed by atoms with Crippen LogP contribution in [-0.4, -0.2) is 22.6 Å². The Morgan fingerprint density at radius 1 is 1.56 bits per heavy atom. The van der Waals surface area contributed by atoms with Crippen LogP contribution < -0.4 is 11.1 Å². The fourth-order valence-electron chi connectivity index (χ4n) is 1.15. The zero-order valence-corrected chi connectivity index (χ0v) is 9.16. The Labute approximate surface area is 95.5 Å². The summed E-state index contributed by atoms with van der Waals surface area (Å²) in [6, 6.07) is 3.28. The van der Waals surface area contributed by atoms with Gasteiger partial charge in [-0.15, -0.1) is 10.2 Å². The lowest BCUT2D eigenvalue weighted by atomic mass is 10.4. The van der Waals surface area contributed by atoms with Crippen LogP contribution in [0.5, 0.6) is 0 Å². The van der Waals surface area contributed by atoms with Crippen LogP contribution in [0.1, 0.15) is 15.6 Å². The molecule has 3 N–H and O–H groups in total. The molecule has 0 aliphatic carbocycles. The van der Waals surface area contributed by atoms with Crippen molar-refractivity contribution in [1.82, 2.24) is 15.5 Å². The van der Waals surface area contributed by atoms with Crippen LogP contribution in [0.25, 0.3) is 0 Å². The summed E-state index contributed by atoms with van der Waals surface area (Å²) < 4.78 is 4.94. The summed E-state index contributed by atoms with van der Waals surface area (Å²) in [6.07, 6.45) is 2.07. The largest absolute Gasteiger partial charge is 0.459 e. The molecule has 6 nitrogen and oxygen atoms in total. The predicted molar refractivity (Wildman–Crippen MR) is 59.1 cm³/mol. The number of anilines is 1. The molecule has 16 heavy (non-hydrogen) atoms. The molecule has 0 aliphatic rings. The van der Waals surface area contributed by atoms with Gasteiger partial charge in [-0.25, -0.2) is 0 Å². The summed E-state index contributed by atoms with van der Waals surface area (Å²) in [7, 11) is 0. The molecule has 0 bridgehead atoms. The van der Waals surface area contributed by atoms with Crippen LogP contribution >= 0.6 is 11.3 Å². The van der Waals surface area contributed by atoms with Gasteiger partial charge in [-0.05, 0) is 12.1 Å². The number of nitrogens with one attached hydrogen (secondary N) is 1. The van der Waals surface area contributed by atoms with Crippen molar-refractivity contribution in [2.75, 3.05) is 12.3 Å². The maximum absolute atomic E-state index is 11.4. The molecule has 0 aliphatic heterocycles. The van der Waals surface area contributed by atoms with Gasteiger partial charge in [-0.1, -0.05) is 11.3 Å². The van der Waals surface area contributed by atoms with Crippen molar-refractivity contribution in [2.45, 2.75) is 6.42 Å². The number of hydrogen-bond acceptors (Lipinski definition) is 6. The average molecular weight is 238 g/mol. The summed E-state index contributed by atoms with van der Waals surface area (Å²) in [5.41, 5.74) is 5.43. The molecule has 0 radical (unpaired) electrons. The molecule has 84 valence electrons. The molecule has 7 heteroatoms. The van der Waals surface area contributed by atoms with Gasteiger partial charge >= 0.3 is 0 Å². The summed E-state index contributed by atoms with van der Waals surface area (Å²) in [6.45, 7) is 0.480. The summed E-state index contributed by atoms with van der Waals surface area (Å²) >= 11 is 1.32. The van der Waals surface area contributed by atoms with E-state index in [1.54, 1.807) is 12.1 Å². The van der Waals surface area contributed by atoms with Gasteiger partial charge in [0.05, 0.1) is 6.26 Å². The standard InChI is InChI=1S/C9H10N4O2S/c10-9-13-12-7(16-9)3-4-11-8(14)6-2-1-5-15-6/h1-2,5H,3-4H2,(H2,10,13)(H,11,14). The zero-order chi connectivity index (χ0) is 11.4. The summed E-state index contributed by atoms with van der Waals surface area (Å²) in [4.78, 5) is 11.4. The van der Waals surface area contributed by atoms with E-state index in [4.69, 9.17) is 10.2 Å². The van der Waals surface area contributed by atoms with Crippen molar-refractivity contribution < 1.29 is 9.21 Å². The quantitative estimate of drug-likeness (QED) is 0.817. The number of aromatic nitrogens is 2. The maximum Gasteiger partial charge on any atom is 0.286 e. The third-order valence-corrected chi connectivity index (χ3v) is 2.66. The average Bonchev–Trinajstić information content (AvgIpc) is 2.89. The highest BCUT2D eigenvalue weighted by atomic mass is 32.1. The number of rotatable bonds is 4. The molecule has 0 atom stereocenters. The molecule has 0 spiro atoms. The fourth-order valence-corrected chi connectivity index (χ4v) is 1.75. The summed E-state index contributed by atoms with van der Waals surface area (Å²) in [5, 5.41) is 11.5. The van der Waals surface area contributed by atoms with E-state index in [0.717, 1.165) is 5.01 Å². The second-order valence-corrected chi connectivity index (χ2v) is 4.11. The van der Waals surface area contributed by atoms with Gasteiger partial charge in [-0.3, -0.25) is 4.79 Å². The van der Waals surface area contributed by atoms with Crippen molar-refractivity contribution in [3.8, 4) is 0 Å². The van der Waals surface area contributed by atoms with Crippen LogP contribution in [0.2, 0.25) is 0 Å². The lowest BCUT2D eigenvalue weighted by molar-refractivity contribution is 0.0926. The Bertz CT molecular complexity index is 466. The molecule has 0 unspecified atom stereocenters. The van der Waals surface area contributed by atoms with E-state index in [9.17, 15) is 4.79 Å². The van der Waals surface area contributed by atoms with E-state index in [2.05, 4.69) is 15.5 Å². The van der Waals surface area contributed by atoms with Gasteiger partial charge in [-0.2, -0.15) is 0 Å². The second kappa shape index (κ2) is 4.75. The topological polar surface area (TPSA) is 94.0 Å². The van der Waals surface area contributed by atoms with Crippen molar-refractivity contribution in [2.24, 2.45) is 0 Å².